The summed E-state index contributed by atoms with van der Waals surface area (Å²) in [5.74, 6) is 2.04. The van der Waals surface area contributed by atoms with Crippen LogP contribution in [0.4, 0.5) is 5.69 Å². The second kappa shape index (κ2) is 6.68. The average molecular weight is 291 g/mol. The molecule has 0 bridgehead atoms. The Morgan fingerprint density at radius 2 is 1.41 bits per heavy atom. The summed E-state index contributed by atoms with van der Waals surface area (Å²) in [6.45, 7) is 0.468. The van der Waals surface area contributed by atoms with E-state index >= 15 is 0 Å². The highest BCUT2D eigenvalue weighted by molar-refractivity contribution is 5.53. The Morgan fingerprint density at radius 3 is 2.14 bits per heavy atom. The molecule has 0 saturated heterocycles. The first kappa shape index (κ1) is 14.0. The van der Waals surface area contributed by atoms with Gasteiger partial charge in [-0.3, -0.25) is 0 Å². The first-order chi connectivity index (χ1) is 10.8. The normalized spacial score (nSPS) is 10.2. The summed E-state index contributed by atoms with van der Waals surface area (Å²) in [7, 11) is 0. The largest absolute Gasteiger partial charge is 0.485 e. The van der Waals surface area contributed by atoms with E-state index in [0.29, 0.717) is 23.8 Å². The van der Waals surface area contributed by atoms with Gasteiger partial charge in [-0.15, -0.1) is 0 Å². The van der Waals surface area contributed by atoms with E-state index in [1.54, 1.807) is 12.1 Å². The number of hydrogen-bond acceptors (Lipinski definition) is 3. The van der Waals surface area contributed by atoms with Crippen molar-refractivity contribution >= 4 is 5.69 Å². The van der Waals surface area contributed by atoms with Crippen molar-refractivity contribution in [3.05, 3.63) is 84.4 Å². The average Bonchev–Trinajstić information content (AvgIpc) is 2.57. The summed E-state index contributed by atoms with van der Waals surface area (Å²) < 4.78 is 11.7. The lowest BCUT2D eigenvalue weighted by molar-refractivity contribution is 0.292. The summed E-state index contributed by atoms with van der Waals surface area (Å²) in [5.41, 5.74) is 7.59. The number of para-hydroxylation sites is 1. The number of rotatable bonds is 5. The van der Waals surface area contributed by atoms with Crippen molar-refractivity contribution in [1.82, 2.24) is 0 Å². The van der Waals surface area contributed by atoms with Crippen LogP contribution in [0.5, 0.6) is 17.2 Å². The Morgan fingerprint density at radius 1 is 0.727 bits per heavy atom. The third kappa shape index (κ3) is 3.58. The number of benzene rings is 3. The Labute approximate surface area is 129 Å². The maximum atomic E-state index is 5.87. The van der Waals surface area contributed by atoms with Crippen molar-refractivity contribution in [3.63, 3.8) is 0 Å². The Bertz CT molecular complexity index is 727. The molecule has 0 heterocycles. The number of nitrogen functional groups attached to an aromatic ring is 1. The van der Waals surface area contributed by atoms with Crippen LogP contribution >= 0.6 is 0 Å². The van der Waals surface area contributed by atoms with Crippen LogP contribution in [-0.4, -0.2) is 0 Å². The molecule has 3 nitrogen and oxygen atoms in total. The van der Waals surface area contributed by atoms with Gasteiger partial charge in [0.1, 0.15) is 12.4 Å². The van der Waals surface area contributed by atoms with Gasteiger partial charge in [0, 0.05) is 11.8 Å². The number of hydrogen-bond donors (Lipinski definition) is 1. The first-order valence-electron chi connectivity index (χ1n) is 7.10. The molecule has 0 aromatic heterocycles. The fourth-order valence-electron chi connectivity index (χ4n) is 2.07. The van der Waals surface area contributed by atoms with Crippen LogP contribution in [0, 0.1) is 0 Å². The van der Waals surface area contributed by atoms with E-state index in [-0.39, 0.29) is 0 Å². The Kier molecular flexibility index (Phi) is 4.25. The highest BCUT2D eigenvalue weighted by Gasteiger charge is 2.07. The minimum absolute atomic E-state index is 0.468. The van der Waals surface area contributed by atoms with Gasteiger partial charge in [0.05, 0.1) is 0 Å². The van der Waals surface area contributed by atoms with Gasteiger partial charge in [-0.1, -0.05) is 48.5 Å². The molecule has 0 aliphatic rings. The third-order valence-corrected chi connectivity index (χ3v) is 3.18. The fraction of sp³-hybridized carbons (Fsp3) is 0.0526. The summed E-state index contributed by atoms with van der Waals surface area (Å²) in [6.07, 6.45) is 0. The Hall–Kier alpha value is -2.94. The molecule has 0 amide bonds. The summed E-state index contributed by atoms with van der Waals surface area (Å²) in [5, 5.41) is 0. The van der Waals surface area contributed by atoms with Crippen LogP contribution in [0.3, 0.4) is 0 Å². The highest BCUT2D eigenvalue weighted by Crippen LogP contribution is 2.33. The van der Waals surface area contributed by atoms with Crippen LogP contribution in [0.2, 0.25) is 0 Å². The maximum Gasteiger partial charge on any atom is 0.169 e. The monoisotopic (exact) mass is 291 g/mol. The fourth-order valence-corrected chi connectivity index (χ4v) is 2.07. The van der Waals surface area contributed by atoms with Gasteiger partial charge in [-0.05, 0) is 29.8 Å². The van der Waals surface area contributed by atoms with Gasteiger partial charge in [0.25, 0.3) is 0 Å². The van der Waals surface area contributed by atoms with E-state index in [0.717, 1.165) is 11.3 Å². The standard InChI is InChI=1S/C19H17NO2/c20-16-11-12-18(22-17-9-5-2-6-10-17)19(13-16)21-14-15-7-3-1-4-8-15/h1-13H,14,20H2. The summed E-state index contributed by atoms with van der Waals surface area (Å²) in [4.78, 5) is 0. The van der Waals surface area contributed by atoms with E-state index in [9.17, 15) is 0 Å². The zero-order chi connectivity index (χ0) is 15.2. The van der Waals surface area contributed by atoms with Gasteiger partial charge in [0.2, 0.25) is 0 Å². The van der Waals surface area contributed by atoms with Crippen LogP contribution in [0.1, 0.15) is 5.56 Å². The summed E-state index contributed by atoms with van der Waals surface area (Å²) >= 11 is 0. The number of nitrogens with two attached hydrogens (primary N) is 1. The smallest absolute Gasteiger partial charge is 0.169 e. The van der Waals surface area contributed by atoms with Gasteiger partial charge in [-0.2, -0.15) is 0 Å². The molecule has 0 atom stereocenters. The quantitative estimate of drug-likeness (QED) is 0.696. The van der Waals surface area contributed by atoms with Crippen molar-refractivity contribution in [2.24, 2.45) is 0 Å². The van der Waals surface area contributed by atoms with E-state index in [1.807, 2.05) is 66.7 Å². The zero-order valence-electron chi connectivity index (χ0n) is 12.1. The molecule has 0 unspecified atom stereocenters. The molecule has 2 N–H and O–H groups in total. The second-order valence-corrected chi connectivity index (χ2v) is 4.90. The minimum Gasteiger partial charge on any atom is -0.485 e. The maximum absolute atomic E-state index is 5.87. The SMILES string of the molecule is Nc1ccc(Oc2ccccc2)c(OCc2ccccc2)c1. The van der Waals surface area contributed by atoms with Crippen LogP contribution < -0.4 is 15.2 Å². The number of ether oxygens (including phenoxy) is 2. The van der Waals surface area contributed by atoms with Gasteiger partial charge in [-0.25, -0.2) is 0 Å². The molecular weight excluding hydrogens is 274 g/mol. The molecule has 0 radical (unpaired) electrons. The van der Waals surface area contributed by atoms with E-state index in [4.69, 9.17) is 15.2 Å². The van der Waals surface area contributed by atoms with Crippen molar-refractivity contribution in [3.8, 4) is 17.2 Å². The number of anilines is 1. The molecular formula is C19H17NO2. The van der Waals surface area contributed by atoms with Crippen molar-refractivity contribution in [2.45, 2.75) is 6.61 Å². The summed E-state index contributed by atoms with van der Waals surface area (Å²) in [6, 6.07) is 25.0. The molecule has 0 spiro atoms. The molecule has 0 aliphatic heterocycles. The van der Waals surface area contributed by atoms with Crippen LogP contribution in [0.15, 0.2) is 78.9 Å². The minimum atomic E-state index is 0.468. The molecule has 3 rings (SSSR count). The highest BCUT2D eigenvalue weighted by atomic mass is 16.5. The van der Waals surface area contributed by atoms with Crippen molar-refractivity contribution < 1.29 is 9.47 Å². The lowest BCUT2D eigenvalue weighted by Gasteiger charge is -2.13. The third-order valence-electron chi connectivity index (χ3n) is 3.18. The lowest BCUT2D eigenvalue weighted by Crippen LogP contribution is -1.98. The van der Waals surface area contributed by atoms with Crippen LogP contribution in [0.25, 0.3) is 0 Å². The molecule has 22 heavy (non-hydrogen) atoms. The predicted octanol–water partition coefficient (Wildman–Crippen LogP) is 4.64. The van der Waals surface area contributed by atoms with Crippen molar-refractivity contribution in [1.29, 1.82) is 0 Å². The van der Waals surface area contributed by atoms with Gasteiger partial charge < -0.3 is 15.2 Å². The first-order valence-corrected chi connectivity index (χ1v) is 7.10. The van der Waals surface area contributed by atoms with E-state index in [2.05, 4.69) is 0 Å². The molecule has 0 fully saturated rings. The molecule has 110 valence electrons. The molecule has 0 aliphatic carbocycles. The molecule has 3 heteroatoms. The lowest BCUT2D eigenvalue weighted by atomic mass is 10.2. The van der Waals surface area contributed by atoms with E-state index in [1.165, 1.54) is 0 Å². The van der Waals surface area contributed by atoms with Gasteiger partial charge in [0.15, 0.2) is 11.5 Å². The van der Waals surface area contributed by atoms with Gasteiger partial charge >= 0.3 is 0 Å². The molecule has 0 saturated carbocycles. The second-order valence-electron chi connectivity index (χ2n) is 4.90. The zero-order valence-corrected chi connectivity index (χ0v) is 12.1. The van der Waals surface area contributed by atoms with Crippen molar-refractivity contribution in [2.75, 3.05) is 5.73 Å². The molecule has 3 aromatic carbocycles. The topological polar surface area (TPSA) is 44.5 Å². The predicted molar refractivity (Wildman–Crippen MR) is 88.1 cm³/mol. The molecule has 3 aromatic rings. The Balaban J connectivity index is 1.79. The van der Waals surface area contributed by atoms with E-state index < -0.39 is 0 Å². The van der Waals surface area contributed by atoms with Crippen LogP contribution in [-0.2, 0) is 6.61 Å².